The van der Waals surface area contributed by atoms with E-state index in [1.54, 1.807) is 18.2 Å². The zero-order chi connectivity index (χ0) is 15.5. The molecule has 0 bridgehead atoms. The summed E-state index contributed by atoms with van der Waals surface area (Å²) in [4.78, 5) is 11.2. The molecule has 1 unspecified atom stereocenters. The molecule has 0 radical (unpaired) electrons. The molecule has 1 saturated heterocycles. The predicted octanol–water partition coefficient (Wildman–Crippen LogP) is -0.474. The zero-order valence-corrected chi connectivity index (χ0v) is 12.1. The number of hydrogen-bond donors (Lipinski definition) is 2. The van der Waals surface area contributed by atoms with Crippen LogP contribution in [0.25, 0.3) is 0 Å². The molecular formula is C14H16N2O4S. The Labute approximate surface area is 123 Å². The SMILES string of the molecule is NC(=O)C1CCN(S(=O)(=O)c2ccccc2C#CCO)C1. The van der Waals surface area contributed by atoms with Gasteiger partial charge in [0, 0.05) is 18.7 Å². The number of nitrogens with zero attached hydrogens (tertiary/aromatic N) is 1. The van der Waals surface area contributed by atoms with Crippen LogP contribution in [-0.4, -0.2) is 43.4 Å². The Morgan fingerprint density at radius 1 is 1.43 bits per heavy atom. The first-order chi connectivity index (χ1) is 9.96. The van der Waals surface area contributed by atoms with Crippen LogP contribution in [0.15, 0.2) is 29.2 Å². The van der Waals surface area contributed by atoms with Gasteiger partial charge in [-0.15, -0.1) is 0 Å². The van der Waals surface area contributed by atoms with Crippen molar-refractivity contribution in [3.8, 4) is 11.8 Å². The van der Waals surface area contributed by atoms with Crippen molar-refractivity contribution in [2.45, 2.75) is 11.3 Å². The van der Waals surface area contributed by atoms with Gasteiger partial charge in [-0.1, -0.05) is 24.0 Å². The van der Waals surface area contributed by atoms with Crippen LogP contribution in [0.5, 0.6) is 0 Å². The van der Waals surface area contributed by atoms with Gasteiger partial charge in [0.2, 0.25) is 15.9 Å². The van der Waals surface area contributed by atoms with Crippen LogP contribution in [0.3, 0.4) is 0 Å². The lowest BCUT2D eigenvalue weighted by Crippen LogP contribution is -2.32. The Morgan fingerprint density at radius 2 is 2.14 bits per heavy atom. The monoisotopic (exact) mass is 308 g/mol. The third-order valence-electron chi connectivity index (χ3n) is 3.36. The second-order valence-corrected chi connectivity index (χ2v) is 6.61. The van der Waals surface area contributed by atoms with Crippen LogP contribution in [-0.2, 0) is 14.8 Å². The normalized spacial score (nSPS) is 19.0. The van der Waals surface area contributed by atoms with Crippen LogP contribution < -0.4 is 5.73 Å². The van der Waals surface area contributed by atoms with Crippen LogP contribution in [0.4, 0.5) is 0 Å². The highest BCUT2D eigenvalue weighted by Gasteiger charge is 2.35. The first kappa shape index (κ1) is 15.5. The molecule has 1 aliphatic heterocycles. The Morgan fingerprint density at radius 3 is 2.76 bits per heavy atom. The van der Waals surface area contributed by atoms with Crippen LogP contribution >= 0.6 is 0 Å². The Hall–Kier alpha value is -1.88. The lowest BCUT2D eigenvalue weighted by Gasteiger charge is -2.17. The lowest BCUT2D eigenvalue weighted by atomic mass is 10.1. The fourth-order valence-electron chi connectivity index (χ4n) is 2.25. The number of carbonyl (C=O) groups is 1. The Balaban J connectivity index is 2.35. The Bertz CT molecular complexity index is 703. The number of primary amides is 1. The summed E-state index contributed by atoms with van der Waals surface area (Å²) in [6.07, 6.45) is 0.430. The summed E-state index contributed by atoms with van der Waals surface area (Å²) in [5, 5.41) is 8.74. The van der Waals surface area contributed by atoms with E-state index in [1.807, 2.05) is 0 Å². The quantitative estimate of drug-likeness (QED) is 0.737. The summed E-state index contributed by atoms with van der Waals surface area (Å²) in [6.45, 7) is 0.0129. The van der Waals surface area contributed by atoms with Gasteiger partial charge < -0.3 is 10.8 Å². The van der Waals surface area contributed by atoms with Crippen LogP contribution in [0.2, 0.25) is 0 Å². The van der Waals surface area contributed by atoms with Gasteiger partial charge in [-0.2, -0.15) is 4.31 Å². The molecule has 1 atom stereocenters. The van der Waals surface area contributed by atoms with Crippen LogP contribution in [0, 0.1) is 17.8 Å². The molecule has 1 heterocycles. The molecule has 1 aromatic carbocycles. The smallest absolute Gasteiger partial charge is 0.244 e. The summed E-state index contributed by atoms with van der Waals surface area (Å²) in [6, 6.07) is 6.33. The number of aliphatic hydroxyl groups is 1. The third-order valence-corrected chi connectivity index (χ3v) is 5.28. The predicted molar refractivity (Wildman–Crippen MR) is 76.5 cm³/mol. The summed E-state index contributed by atoms with van der Waals surface area (Å²) >= 11 is 0. The van der Waals surface area contributed by atoms with E-state index < -0.39 is 21.8 Å². The number of aliphatic hydroxyl groups excluding tert-OH is 1. The highest BCUT2D eigenvalue weighted by molar-refractivity contribution is 7.89. The molecule has 0 spiro atoms. The summed E-state index contributed by atoms with van der Waals surface area (Å²) in [7, 11) is -3.72. The number of hydrogen-bond acceptors (Lipinski definition) is 4. The molecule has 1 aromatic rings. The number of carbonyl (C=O) groups excluding carboxylic acids is 1. The molecule has 7 heteroatoms. The van der Waals surface area contributed by atoms with E-state index in [4.69, 9.17) is 10.8 Å². The highest BCUT2D eigenvalue weighted by atomic mass is 32.2. The van der Waals surface area contributed by atoms with E-state index in [1.165, 1.54) is 10.4 Å². The second kappa shape index (κ2) is 6.26. The lowest BCUT2D eigenvalue weighted by molar-refractivity contribution is -0.121. The minimum absolute atomic E-state index is 0.0797. The van der Waals surface area contributed by atoms with Gasteiger partial charge in [-0.25, -0.2) is 8.42 Å². The fourth-order valence-corrected chi connectivity index (χ4v) is 3.90. The van der Waals surface area contributed by atoms with E-state index in [0.717, 1.165) is 0 Å². The standard InChI is InChI=1S/C14H16N2O4S/c15-14(18)12-7-8-16(10-12)21(19,20)13-6-2-1-4-11(13)5-3-9-17/h1-2,4,6,12,17H,7-10H2,(H2,15,18). The molecule has 0 saturated carbocycles. The maximum atomic E-state index is 12.6. The summed E-state index contributed by atoms with van der Waals surface area (Å²) in [5.74, 6) is 4.14. The topological polar surface area (TPSA) is 101 Å². The molecule has 21 heavy (non-hydrogen) atoms. The molecule has 0 aliphatic carbocycles. The molecule has 112 valence electrons. The first-order valence-corrected chi connectivity index (χ1v) is 7.89. The fraction of sp³-hybridized carbons (Fsp3) is 0.357. The number of rotatable bonds is 3. The number of nitrogens with two attached hydrogens (primary N) is 1. The van der Waals surface area contributed by atoms with Crippen molar-refractivity contribution in [3.63, 3.8) is 0 Å². The first-order valence-electron chi connectivity index (χ1n) is 6.45. The van der Waals surface area contributed by atoms with Crippen molar-refractivity contribution in [1.82, 2.24) is 4.31 Å². The van der Waals surface area contributed by atoms with Gasteiger partial charge in [-0.05, 0) is 18.6 Å². The Kier molecular flexibility index (Phi) is 4.63. The molecule has 2 rings (SSSR count). The molecule has 1 aliphatic rings. The average Bonchev–Trinajstić information content (AvgIpc) is 2.96. The van der Waals surface area contributed by atoms with Crippen molar-refractivity contribution in [3.05, 3.63) is 29.8 Å². The third kappa shape index (κ3) is 3.24. The molecule has 1 fully saturated rings. The van der Waals surface area contributed by atoms with Crippen molar-refractivity contribution in [2.24, 2.45) is 11.7 Å². The minimum atomic E-state index is -3.72. The van der Waals surface area contributed by atoms with Gasteiger partial charge in [0.25, 0.3) is 0 Å². The number of benzene rings is 1. The van der Waals surface area contributed by atoms with E-state index in [2.05, 4.69) is 11.8 Å². The number of sulfonamides is 1. The maximum absolute atomic E-state index is 12.6. The number of amides is 1. The van der Waals surface area contributed by atoms with Gasteiger partial charge in [0.1, 0.15) is 6.61 Å². The maximum Gasteiger partial charge on any atom is 0.244 e. The van der Waals surface area contributed by atoms with Gasteiger partial charge in [0.05, 0.1) is 10.8 Å². The molecule has 3 N–H and O–H groups in total. The average molecular weight is 308 g/mol. The van der Waals surface area contributed by atoms with Gasteiger partial charge in [0.15, 0.2) is 0 Å². The molecule has 0 aromatic heterocycles. The van der Waals surface area contributed by atoms with E-state index in [9.17, 15) is 13.2 Å². The van der Waals surface area contributed by atoms with Crippen LogP contribution in [0.1, 0.15) is 12.0 Å². The molecule has 6 nitrogen and oxygen atoms in total. The second-order valence-electron chi connectivity index (χ2n) is 4.71. The molecule has 1 amide bonds. The van der Waals surface area contributed by atoms with Crippen molar-refractivity contribution in [2.75, 3.05) is 19.7 Å². The van der Waals surface area contributed by atoms with E-state index in [0.29, 0.717) is 12.0 Å². The largest absolute Gasteiger partial charge is 0.384 e. The summed E-state index contributed by atoms with van der Waals surface area (Å²) in [5.41, 5.74) is 5.55. The molecular weight excluding hydrogens is 292 g/mol. The van der Waals surface area contributed by atoms with Crippen molar-refractivity contribution in [1.29, 1.82) is 0 Å². The van der Waals surface area contributed by atoms with Crippen molar-refractivity contribution >= 4 is 15.9 Å². The summed E-state index contributed by atoms with van der Waals surface area (Å²) < 4.78 is 26.5. The van der Waals surface area contributed by atoms with Gasteiger partial charge >= 0.3 is 0 Å². The van der Waals surface area contributed by atoms with Gasteiger partial charge in [-0.3, -0.25) is 4.79 Å². The van der Waals surface area contributed by atoms with Crippen molar-refractivity contribution < 1.29 is 18.3 Å². The van der Waals surface area contributed by atoms with E-state index in [-0.39, 0.29) is 24.6 Å². The zero-order valence-electron chi connectivity index (χ0n) is 11.3. The highest BCUT2D eigenvalue weighted by Crippen LogP contribution is 2.26. The van der Waals surface area contributed by atoms with E-state index >= 15 is 0 Å². The minimum Gasteiger partial charge on any atom is -0.384 e.